The summed E-state index contributed by atoms with van der Waals surface area (Å²) in [6.07, 6.45) is 2.39. The Kier molecular flexibility index (Phi) is 4.68. The summed E-state index contributed by atoms with van der Waals surface area (Å²) in [7, 11) is -4.65. The molecule has 0 fully saturated rings. The molecular formula is C18H12ClF3N2O3S. The van der Waals surface area contributed by atoms with Gasteiger partial charge in [0.05, 0.1) is 11.3 Å². The van der Waals surface area contributed by atoms with Crippen molar-refractivity contribution in [3.8, 4) is 12.3 Å². The van der Waals surface area contributed by atoms with Crippen LogP contribution in [0, 0.1) is 12.3 Å². The molecule has 1 aromatic heterocycles. The molecule has 0 spiro atoms. The highest BCUT2D eigenvalue weighted by Crippen LogP contribution is 2.51. The minimum atomic E-state index is -4.92. The van der Waals surface area contributed by atoms with E-state index in [1.54, 1.807) is 0 Å². The number of fused-ring (bicyclic) bond motifs is 1. The molecular weight excluding hydrogens is 417 g/mol. The van der Waals surface area contributed by atoms with Gasteiger partial charge in [-0.1, -0.05) is 17.7 Å². The fourth-order valence-corrected chi connectivity index (χ4v) is 5.40. The Bertz CT molecular complexity index is 1150. The number of nitrogens with zero attached hydrogens (tertiary/aromatic N) is 2. The third-order valence-corrected chi connectivity index (χ3v) is 7.26. The molecule has 0 amide bonds. The van der Waals surface area contributed by atoms with Crippen LogP contribution in [0.5, 0.6) is 0 Å². The van der Waals surface area contributed by atoms with Crippen molar-refractivity contribution < 1.29 is 26.7 Å². The lowest BCUT2D eigenvalue weighted by atomic mass is 9.97. The van der Waals surface area contributed by atoms with Crippen LogP contribution in [0.2, 0.25) is 5.02 Å². The minimum absolute atomic E-state index is 0.144. The number of hydrogen-bond donors (Lipinski definition) is 1. The second-order valence-corrected chi connectivity index (χ2v) is 8.93. The lowest BCUT2D eigenvalue weighted by Crippen LogP contribution is -2.39. The third-order valence-electron chi connectivity index (χ3n) is 4.49. The Morgan fingerprint density at radius 3 is 2.54 bits per heavy atom. The van der Waals surface area contributed by atoms with Crippen LogP contribution < -0.4 is 0 Å². The number of benzene rings is 1. The highest BCUT2D eigenvalue weighted by molar-refractivity contribution is 8.01. The Labute approximate surface area is 163 Å². The van der Waals surface area contributed by atoms with Gasteiger partial charge in [-0.05, 0) is 19.1 Å². The lowest BCUT2D eigenvalue weighted by Gasteiger charge is -2.34. The molecule has 3 rings (SSSR count). The van der Waals surface area contributed by atoms with E-state index in [0.717, 1.165) is 12.1 Å². The van der Waals surface area contributed by atoms with Crippen molar-refractivity contribution in [2.24, 2.45) is 0 Å². The summed E-state index contributed by atoms with van der Waals surface area (Å²) >= 11 is 5.97. The fraction of sp³-hybridized carbons (Fsp3) is 0.222. The van der Waals surface area contributed by atoms with Crippen LogP contribution in [0.25, 0.3) is 10.7 Å². The molecule has 2 aromatic rings. The summed E-state index contributed by atoms with van der Waals surface area (Å²) in [5.41, 5.74) is -2.57. The van der Waals surface area contributed by atoms with Gasteiger partial charge in [0.1, 0.15) is 15.3 Å². The van der Waals surface area contributed by atoms with Gasteiger partial charge in [-0.15, -0.1) is 12.3 Å². The second-order valence-electron chi connectivity index (χ2n) is 6.21. The molecule has 1 N–H and O–H groups in total. The van der Waals surface area contributed by atoms with Gasteiger partial charge < -0.3 is 5.11 Å². The zero-order chi connectivity index (χ0) is 20.9. The molecule has 10 heteroatoms. The molecule has 0 saturated heterocycles. The van der Waals surface area contributed by atoms with Crippen molar-refractivity contribution >= 4 is 32.1 Å². The Morgan fingerprint density at radius 2 is 1.93 bits per heavy atom. The first kappa shape index (κ1) is 20.2. The Balaban J connectivity index is 2.52. The van der Waals surface area contributed by atoms with E-state index in [9.17, 15) is 26.7 Å². The van der Waals surface area contributed by atoms with E-state index in [0.29, 0.717) is 6.07 Å². The number of aliphatic hydroxyl groups is 1. The standard InChI is InChI=1S/C18H12ClF3N2O3S/c1-3-7-17(2)16-13(23-8-9-24-16)14(25)15(28(17,26)27)12-10(18(20,21)22)5-4-6-11(12)19/h1,4-6,8-9,25H,7H2,2H3. The van der Waals surface area contributed by atoms with Crippen LogP contribution in [0.3, 0.4) is 0 Å². The van der Waals surface area contributed by atoms with Crippen LogP contribution in [0.15, 0.2) is 30.6 Å². The lowest BCUT2D eigenvalue weighted by molar-refractivity contribution is -0.137. The number of aliphatic hydroxyl groups excluding tert-OH is 1. The van der Waals surface area contributed by atoms with Gasteiger partial charge >= 0.3 is 6.18 Å². The zero-order valence-corrected chi connectivity index (χ0v) is 15.8. The zero-order valence-electron chi connectivity index (χ0n) is 14.2. The van der Waals surface area contributed by atoms with E-state index >= 15 is 0 Å². The molecule has 2 heterocycles. The first-order chi connectivity index (χ1) is 13.0. The minimum Gasteiger partial charge on any atom is -0.504 e. The summed E-state index contributed by atoms with van der Waals surface area (Å²) in [4.78, 5) is 6.91. The normalized spacial score (nSPS) is 21.1. The average molecular weight is 429 g/mol. The van der Waals surface area contributed by atoms with E-state index in [1.807, 2.05) is 0 Å². The molecule has 5 nitrogen and oxygen atoms in total. The van der Waals surface area contributed by atoms with Gasteiger partial charge in [0.2, 0.25) is 0 Å². The summed E-state index contributed by atoms with van der Waals surface area (Å²) in [5.74, 6) is 1.25. The van der Waals surface area contributed by atoms with Crippen LogP contribution in [0.1, 0.15) is 35.9 Å². The summed E-state index contributed by atoms with van der Waals surface area (Å²) < 4.78 is 65.7. The number of rotatable bonds is 2. The topological polar surface area (TPSA) is 80.2 Å². The Morgan fingerprint density at radius 1 is 1.29 bits per heavy atom. The monoisotopic (exact) mass is 428 g/mol. The number of terminal acetylenes is 1. The maximum Gasteiger partial charge on any atom is 0.417 e. The average Bonchev–Trinajstić information content (AvgIpc) is 2.61. The second kappa shape index (κ2) is 6.50. The Hall–Kier alpha value is -2.57. The van der Waals surface area contributed by atoms with Crippen molar-refractivity contribution in [3.63, 3.8) is 0 Å². The molecule has 28 heavy (non-hydrogen) atoms. The number of sulfone groups is 1. The summed E-state index contributed by atoms with van der Waals surface area (Å²) in [5, 5.41) is 10.2. The van der Waals surface area contributed by atoms with Gasteiger partial charge in [0, 0.05) is 29.4 Å². The van der Waals surface area contributed by atoms with Crippen molar-refractivity contribution in [3.05, 3.63) is 58.1 Å². The highest BCUT2D eigenvalue weighted by Gasteiger charge is 2.53. The first-order valence-electron chi connectivity index (χ1n) is 7.76. The van der Waals surface area contributed by atoms with Crippen LogP contribution in [-0.4, -0.2) is 23.5 Å². The number of alkyl halides is 3. The van der Waals surface area contributed by atoms with E-state index in [1.165, 1.54) is 19.3 Å². The van der Waals surface area contributed by atoms with Crippen LogP contribution in [-0.2, 0) is 20.8 Å². The SMILES string of the molecule is C#CCC1(C)c2nccnc2C(O)=C(c2c(Cl)cccc2C(F)(F)F)S1(=O)=O. The van der Waals surface area contributed by atoms with E-state index in [-0.39, 0.29) is 11.4 Å². The van der Waals surface area contributed by atoms with Gasteiger partial charge in [0.15, 0.2) is 15.6 Å². The maximum atomic E-state index is 13.6. The highest BCUT2D eigenvalue weighted by atomic mass is 35.5. The molecule has 0 aliphatic carbocycles. The number of aromatic nitrogens is 2. The number of halogens is 4. The van der Waals surface area contributed by atoms with Crippen molar-refractivity contribution in [1.82, 2.24) is 9.97 Å². The molecule has 0 saturated carbocycles. The van der Waals surface area contributed by atoms with Gasteiger partial charge in [0.25, 0.3) is 0 Å². The van der Waals surface area contributed by atoms with Crippen LogP contribution in [0.4, 0.5) is 13.2 Å². The third kappa shape index (κ3) is 2.75. The number of hydrogen-bond acceptors (Lipinski definition) is 5. The van der Waals surface area contributed by atoms with Crippen molar-refractivity contribution in [1.29, 1.82) is 0 Å². The van der Waals surface area contributed by atoms with Gasteiger partial charge in [-0.25, -0.2) is 13.4 Å². The van der Waals surface area contributed by atoms with Crippen molar-refractivity contribution in [2.45, 2.75) is 24.3 Å². The van der Waals surface area contributed by atoms with E-state index in [4.69, 9.17) is 18.0 Å². The predicted octanol–water partition coefficient (Wildman–Crippen LogP) is 4.20. The first-order valence-corrected chi connectivity index (χ1v) is 9.62. The molecule has 146 valence electrons. The smallest absolute Gasteiger partial charge is 0.417 e. The van der Waals surface area contributed by atoms with Gasteiger partial charge in [-0.3, -0.25) is 4.98 Å². The quantitative estimate of drug-likeness (QED) is 0.725. The van der Waals surface area contributed by atoms with Crippen molar-refractivity contribution in [2.75, 3.05) is 0 Å². The summed E-state index contributed by atoms with van der Waals surface area (Å²) in [6.45, 7) is 1.23. The molecule has 1 atom stereocenters. The van der Waals surface area contributed by atoms with Crippen LogP contribution >= 0.6 is 11.6 Å². The van der Waals surface area contributed by atoms with E-state index in [2.05, 4.69) is 15.9 Å². The molecule has 1 aliphatic rings. The maximum absolute atomic E-state index is 13.6. The van der Waals surface area contributed by atoms with E-state index < -0.39 is 54.0 Å². The molecule has 1 aliphatic heterocycles. The summed E-state index contributed by atoms with van der Waals surface area (Å²) in [6, 6.07) is 2.82. The molecule has 1 aromatic carbocycles. The fourth-order valence-electron chi connectivity index (χ4n) is 3.10. The molecule has 0 bridgehead atoms. The van der Waals surface area contributed by atoms with Gasteiger partial charge in [-0.2, -0.15) is 13.2 Å². The predicted molar refractivity (Wildman–Crippen MR) is 97.7 cm³/mol. The molecule has 0 radical (unpaired) electrons. The molecule has 1 unspecified atom stereocenters. The largest absolute Gasteiger partial charge is 0.504 e.